The molecular weight excluding hydrogens is 649 g/mol. The molecule has 0 aromatic heterocycles. The lowest BCUT2D eigenvalue weighted by molar-refractivity contribution is 0.641. The Balaban J connectivity index is 0.950. The minimum Gasteiger partial charge on any atom is -0.0622 e. The molecule has 54 heavy (non-hydrogen) atoms. The molecule has 0 saturated heterocycles. The summed E-state index contributed by atoms with van der Waals surface area (Å²) in [5.41, 5.74) is 20.4. The van der Waals surface area contributed by atoms with E-state index in [1.807, 2.05) is 0 Å². The highest BCUT2D eigenvalue weighted by Crippen LogP contribution is 2.49. The van der Waals surface area contributed by atoms with Crippen LogP contribution >= 0.6 is 0 Å². The predicted molar refractivity (Wildman–Crippen MR) is 230 cm³/mol. The van der Waals surface area contributed by atoms with Crippen LogP contribution in [0.5, 0.6) is 0 Å². The van der Waals surface area contributed by atoms with Gasteiger partial charge < -0.3 is 0 Å². The molecule has 0 saturated carbocycles. The van der Waals surface area contributed by atoms with E-state index in [2.05, 4.69) is 222 Å². The third-order valence-electron chi connectivity index (χ3n) is 11.8. The van der Waals surface area contributed by atoms with E-state index in [9.17, 15) is 0 Å². The van der Waals surface area contributed by atoms with Crippen molar-refractivity contribution < 1.29 is 0 Å². The number of hydrogen-bond donors (Lipinski definition) is 0. The van der Waals surface area contributed by atoms with Crippen LogP contribution in [0.4, 0.5) is 0 Å². The molecule has 0 aliphatic heterocycles. The monoisotopic (exact) mass is 692 g/mol. The predicted octanol–water partition coefficient (Wildman–Crippen LogP) is 14.7. The zero-order chi connectivity index (χ0) is 36.9. The largest absolute Gasteiger partial charge is 0.0622 e. The molecule has 1 aliphatic rings. The van der Waals surface area contributed by atoms with Crippen molar-refractivity contribution in [1.82, 2.24) is 0 Å². The van der Waals surface area contributed by atoms with Gasteiger partial charge in [-0.25, -0.2) is 0 Å². The Morgan fingerprint density at radius 2 is 0.667 bits per heavy atom. The van der Waals surface area contributed by atoms with E-state index in [1.165, 1.54) is 89.0 Å². The molecule has 0 N–H and O–H groups in total. The van der Waals surface area contributed by atoms with Gasteiger partial charge in [-0.05, 0) is 113 Å². The second kappa shape index (κ2) is 13.3. The number of hydrogen-bond acceptors (Lipinski definition) is 0. The van der Waals surface area contributed by atoms with Crippen molar-refractivity contribution in [3.63, 3.8) is 0 Å². The van der Waals surface area contributed by atoms with Crippen molar-refractivity contribution in [3.8, 4) is 66.8 Å². The Morgan fingerprint density at radius 3 is 1.19 bits per heavy atom. The summed E-state index contributed by atoms with van der Waals surface area (Å²) in [6.07, 6.45) is 0. The quantitative estimate of drug-likeness (QED) is 0.156. The zero-order valence-electron chi connectivity index (χ0n) is 31.5. The van der Waals surface area contributed by atoms with E-state index in [4.69, 9.17) is 0 Å². The molecule has 1 aliphatic carbocycles. The van der Waals surface area contributed by atoms with E-state index in [0.717, 1.165) is 0 Å². The number of fused-ring (bicyclic) bond motifs is 3. The third-order valence-corrected chi connectivity index (χ3v) is 11.8. The molecular formula is C54H44. The standard InChI is InChI=1S/C54H44/c1-53(2,47-19-6-5-7-20-47)48-30-27-39(28-31-48)41-14-11-16-43(34-41)45-18-12-17-44(35-45)42-15-10-13-40(33-42)37-23-25-38(26-24-37)46-29-32-50-49-21-8-9-22-51(49)54(3,4)52(50)36-46/h5-36H,1-4H3. The van der Waals surface area contributed by atoms with Gasteiger partial charge in [0.2, 0.25) is 0 Å². The third kappa shape index (κ3) is 5.99. The van der Waals surface area contributed by atoms with Gasteiger partial charge in [0.15, 0.2) is 0 Å². The second-order valence-corrected chi connectivity index (χ2v) is 15.8. The van der Waals surface area contributed by atoms with Gasteiger partial charge in [-0.3, -0.25) is 0 Å². The lowest BCUT2D eigenvalue weighted by Crippen LogP contribution is -2.18. The molecule has 0 amide bonds. The molecule has 0 atom stereocenters. The smallest absolute Gasteiger partial charge is 0.0159 e. The summed E-state index contributed by atoms with van der Waals surface area (Å²) in [6, 6.07) is 71.5. The topological polar surface area (TPSA) is 0 Å². The van der Waals surface area contributed by atoms with Crippen molar-refractivity contribution >= 4 is 0 Å². The van der Waals surface area contributed by atoms with Gasteiger partial charge >= 0.3 is 0 Å². The van der Waals surface area contributed by atoms with Gasteiger partial charge in [0, 0.05) is 10.8 Å². The minimum absolute atomic E-state index is 0.00470. The SMILES string of the molecule is CC(C)(c1ccccc1)c1ccc(-c2cccc(-c3cccc(-c4cccc(-c5ccc(-c6ccc7c(c6)C(C)(C)c6ccccc6-7)cc5)c4)c3)c2)cc1. The van der Waals surface area contributed by atoms with Gasteiger partial charge in [-0.2, -0.15) is 0 Å². The van der Waals surface area contributed by atoms with Gasteiger partial charge in [0.1, 0.15) is 0 Å². The summed E-state index contributed by atoms with van der Waals surface area (Å²) in [5, 5.41) is 0. The fourth-order valence-corrected chi connectivity index (χ4v) is 8.47. The van der Waals surface area contributed by atoms with Crippen LogP contribution in [0.1, 0.15) is 49.9 Å². The first kappa shape index (κ1) is 33.6. The zero-order valence-corrected chi connectivity index (χ0v) is 31.5. The fraction of sp³-hybridized carbons (Fsp3) is 0.111. The maximum atomic E-state index is 2.40. The van der Waals surface area contributed by atoms with Gasteiger partial charge in [0.05, 0.1) is 0 Å². The number of benzene rings is 8. The van der Waals surface area contributed by atoms with Crippen molar-refractivity contribution in [2.24, 2.45) is 0 Å². The fourth-order valence-electron chi connectivity index (χ4n) is 8.47. The van der Waals surface area contributed by atoms with Crippen LogP contribution in [0.25, 0.3) is 66.8 Å². The first-order valence-electron chi connectivity index (χ1n) is 19.1. The van der Waals surface area contributed by atoms with Crippen molar-refractivity contribution in [2.45, 2.75) is 38.5 Å². The van der Waals surface area contributed by atoms with Crippen molar-refractivity contribution in [3.05, 3.63) is 216 Å². The van der Waals surface area contributed by atoms with E-state index in [1.54, 1.807) is 0 Å². The summed E-state index contributed by atoms with van der Waals surface area (Å²) >= 11 is 0. The molecule has 9 rings (SSSR count). The summed E-state index contributed by atoms with van der Waals surface area (Å²) in [5.74, 6) is 0. The Bertz CT molecular complexity index is 2620. The molecule has 0 nitrogen and oxygen atoms in total. The van der Waals surface area contributed by atoms with Crippen LogP contribution in [-0.2, 0) is 10.8 Å². The van der Waals surface area contributed by atoms with Crippen LogP contribution < -0.4 is 0 Å². The highest BCUT2D eigenvalue weighted by molar-refractivity contribution is 5.84. The summed E-state index contributed by atoms with van der Waals surface area (Å²) in [6.45, 7) is 9.29. The Kier molecular flexibility index (Phi) is 8.28. The second-order valence-electron chi connectivity index (χ2n) is 15.8. The molecule has 0 unspecified atom stereocenters. The molecule has 8 aromatic carbocycles. The van der Waals surface area contributed by atoms with Gasteiger partial charge in [-0.1, -0.05) is 198 Å². The van der Waals surface area contributed by atoms with Crippen molar-refractivity contribution in [2.75, 3.05) is 0 Å². The van der Waals surface area contributed by atoms with Crippen molar-refractivity contribution in [1.29, 1.82) is 0 Å². The molecule has 0 heterocycles. The average Bonchev–Trinajstić information content (AvgIpc) is 3.46. The Labute approximate surface area is 320 Å². The van der Waals surface area contributed by atoms with Crippen LogP contribution in [-0.4, -0.2) is 0 Å². The van der Waals surface area contributed by atoms with Crippen LogP contribution in [0, 0.1) is 0 Å². The van der Waals surface area contributed by atoms with Crippen LogP contribution in [0.3, 0.4) is 0 Å². The van der Waals surface area contributed by atoms with Crippen LogP contribution in [0.2, 0.25) is 0 Å². The highest BCUT2D eigenvalue weighted by atomic mass is 14.4. The van der Waals surface area contributed by atoms with E-state index < -0.39 is 0 Å². The van der Waals surface area contributed by atoms with Gasteiger partial charge in [0.25, 0.3) is 0 Å². The van der Waals surface area contributed by atoms with E-state index >= 15 is 0 Å². The Hall–Kier alpha value is -6.24. The summed E-state index contributed by atoms with van der Waals surface area (Å²) in [4.78, 5) is 0. The number of rotatable bonds is 7. The molecule has 0 radical (unpaired) electrons. The molecule has 0 bridgehead atoms. The molecule has 260 valence electrons. The first-order valence-corrected chi connectivity index (χ1v) is 19.1. The van der Waals surface area contributed by atoms with E-state index in [-0.39, 0.29) is 10.8 Å². The molecule has 0 fully saturated rings. The van der Waals surface area contributed by atoms with Crippen LogP contribution in [0.15, 0.2) is 194 Å². The normalized spacial score (nSPS) is 13.0. The maximum Gasteiger partial charge on any atom is 0.0159 e. The maximum absolute atomic E-state index is 2.40. The average molecular weight is 693 g/mol. The van der Waals surface area contributed by atoms with Gasteiger partial charge in [-0.15, -0.1) is 0 Å². The summed E-state index contributed by atoms with van der Waals surface area (Å²) < 4.78 is 0. The molecule has 8 aromatic rings. The minimum atomic E-state index is -0.0586. The lowest BCUT2D eigenvalue weighted by Gasteiger charge is -2.26. The summed E-state index contributed by atoms with van der Waals surface area (Å²) in [7, 11) is 0. The van der Waals surface area contributed by atoms with E-state index in [0.29, 0.717) is 0 Å². The molecule has 0 spiro atoms. The highest BCUT2D eigenvalue weighted by Gasteiger charge is 2.35. The Morgan fingerprint density at radius 1 is 0.296 bits per heavy atom. The lowest BCUT2D eigenvalue weighted by atomic mass is 9.78. The first-order chi connectivity index (χ1) is 26.3. The molecule has 0 heteroatoms.